The summed E-state index contributed by atoms with van der Waals surface area (Å²) in [6.07, 6.45) is 1.65. The van der Waals surface area contributed by atoms with Crippen LogP contribution >= 0.6 is 0 Å². The molecule has 108 valence electrons. The molecule has 0 unspecified atom stereocenters. The zero-order chi connectivity index (χ0) is 15.2. The lowest BCUT2D eigenvalue weighted by Crippen LogP contribution is -2.29. The molecule has 0 aliphatic heterocycles. The highest BCUT2D eigenvalue weighted by Crippen LogP contribution is 2.07. The molecule has 6 heteroatoms. The fraction of sp³-hybridized carbons (Fsp3) is 0.267. The first kappa shape index (κ1) is 14.8. The fourth-order valence-corrected chi connectivity index (χ4v) is 1.93. The monoisotopic (exact) mass is 283 g/mol. The third kappa shape index (κ3) is 3.68. The molecule has 0 aliphatic rings. The molecule has 0 aliphatic carbocycles. The topological polar surface area (TPSA) is 87.9 Å². The molecular formula is C15H17N5O. The van der Waals surface area contributed by atoms with Crippen LogP contribution in [0.1, 0.15) is 11.1 Å². The van der Waals surface area contributed by atoms with Crippen molar-refractivity contribution in [3.05, 3.63) is 58.0 Å². The quantitative estimate of drug-likeness (QED) is 0.866. The second kappa shape index (κ2) is 6.68. The summed E-state index contributed by atoms with van der Waals surface area (Å²) in [5, 5.41) is 12.9. The molecule has 2 N–H and O–H groups in total. The predicted molar refractivity (Wildman–Crippen MR) is 81.1 cm³/mol. The van der Waals surface area contributed by atoms with E-state index >= 15 is 0 Å². The van der Waals surface area contributed by atoms with Crippen LogP contribution in [0.25, 0.3) is 0 Å². The molecule has 0 spiro atoms. The van der Waals surface area contributed by atoms with Crippen molar-refractivity contribution in [2.75, 3.05) is 25.0 Å². The average molecular weight is 283 g/mol. The van der Waals surface area contributed by atoms with Crippen molar-refractivity contribution < 1.29 is 0 Å². The number of anilines is 1. The van der Waals surface area contributed by atoms with Gasteiger partial charge in [0.1, 0.15) is 0 Å². The van der Waals surface area contributed by atoms with Gasteiger partial charge >= 0.3 is 0 Å². The molecule has 0 fully saturated rings. The van der Waals surface area contributed by atoms with Crippen LogP contribution in [0.3, 0.4) is 0 Å². The van der Waals surface area contributed by atoms with Crippen LogP contribution < -0.4 is 16.2 Å². The molecule has 1 aromatic carbocycles. The third-order valence-electron chi connectivity index (χ3n) is 3.18. The van der Waals surface area contributed by atoms with Gasteiger partial charge in [-0.05, 0) is 17.7 Å². The zero-order valence-corrected chi connectivity index (χ0v) is 11.9. The first-order valence-corrected chi connectivity index (χ1v) is 6.61. The Labute approximate surface area is 123 Å². The standard InChI is InChI=1S/C15H17N5O/c1-19(7-6-16)14-8-15(21)20(18-10-14)11-13-4-2-12(9-17)3-5-13/h2-5,8,10H,6-7,11,16H2,1H3. The number of nitrogens with zero attached hydrogens (tertiary/aromatic N) is 4. The molecule has 0 radical (unpaired) electrons. The predicted octanol–water partition coefficient (Wildman–Crippen LogP) is 0.558. The van der Waals surface area contributed by atoms with Crippen molar-refractivity contribution in [1.82, 2.24) is 9.78 Å². The van der Waals surface area contributed by atoms with Gasteiger partial charge in [-0.1, -0.05) is 12.1 Å². The van der Waals surface area contributed by atoms with Gasteiger partial charge in [-0.25, -0.2) is 4.68 Å². The van der Waals surface area contributed by atoms with E-state index in [1.54, 1.807) is 24.4 Å². The van der Waals surface area contributed by atoms with E-state index in [-0.39, 0.29) is 5.56 Å². The van der Waals surface area contributed by atoms with Crippen molar-refractivity contribution >= 4 is 5.69 Å². The average Bonchev–Trinajstić information content (AvgIpc) is 2.50. The molecule has 0 amide bonds. The van der Waals surface area contributed by atoms with E-state index in [4.69, 9.17) is 11.0 Å². The first-order chi connectivity index (χ1) is 10.1. The summed E-state index contributed by atoms with van der Waals surface area (Å²) >= 11 is 0. The first-order valence-electron chi connectivity index (χ1n) is 6.61. The molecule has 2 rings (SSSR count). The Morgan fingerprint density at radius 2 is 2.10 bits per heavy atom. The molecule has 0 saturated heterocycles. The minimum absolute atomic E-state index is 0.166. The summed E-state index contributed by atoms with van der Waals surface area (Å²) < 4.78 is 1.39. The number of nitrogens with two attached hydrogens (primary N) is 1. The highest BCUT2D eigenvalue weighted by molar-refractivity contribution is 5.41. The summed E-state index contributed by atoms with van der Waals surface area (Å²) in [6.45, 7) is 1.57. The van der Waals surface area contributed by atoms with Crippen molar-refractivity contribution in [2.45, 2.75) is 6.54 Å². The van der Waals surface area contributed by atoms with Crippen LogP contribution in [-0.2, 0) is 6.54 Å². The summed E-state index contributed by atoms with van der Waals surface area (Å²) in [5.41, 5.74) is 7.60. The number of likely N-dealkylation sites (N-methyl/N-ethyl adjacent to an activating group) is 1. The number of rotatable bonds is 5. The smallest absolute Gasteiger partial charge is 0.269 e. The molecule has 1 heterocycles. The van der Waals surface area contributed by atoms with Gasteiger partial charge in [0.25, 0.3) is 5.56 Å². The van der Waals surface area contributed by atoms with Gasteiger partial charge in [0.15, 0.2) is 0 Å². The molecule has 6 nitrogen and oxygen atoms in total. The maximum absolute atomic E-state index is 12.1. The minimum atomic E-state index is -0.166. The van der Waals surface area contributed by atoms with Crippen LogP contribution in [-0.4, -0.2) is 29.9 Å². The third-order valence-corrected chi connectivity index (χ3v) is 3.18. The molecule has 0 bridgehead atoms. The number of hydrogen-bond donors (Lipinski definition) is 1. The highest BCUT2D eigenvalue weighted by Gasteiger charge is 2.05. The number of benzene rings is 1. The van der Waals surface area contributed by atoms with Crippen molar-refractivity contribution in [2.24, 2.45) is 5.73 Å². The van der Waals surface area contributed by atoms with E-state index < -0.39 is 0 Å². The van der Waals surface area contributed by atoms with E-state index in [0.29, 0.717) is 25.2 Å². The number of nitriles is 1. The van der Waals surface area contributed by atoms with Crippen LogP contribution in [0.15, 0.2) is 41.3 Å². The van der Waals surface area contributed by atoms with Gasteiger partial charge in [-0.2, -0.15) is 10.4 Å². The van der Waals surface area contributed by atoms with E-state index in [0.717, 1.165) is 11.3 Å². The Bertz CT molecular complexity index is 699. The summed E-state index contributed by atoms with van der Waals surface area (Å²) in [4.78, 5) is 14.0. The number of aromatic nitrogens is 2. The summed E-state index contributed by atoms with van der Waals surface area (Å²) in [5.74, 6) is 0. The van der Waals surface area contributed by atoms with Gasteiger partial charge in [0.05, 0.1) is 30.1 Å². The Hall–Kier alpha value is -2.65. The largest absolute Gasteiger partial charge is 0.372 e. The van der Waals surface area contributed by atoms with E-state index in [9.17, 15) is 4.79 Å². The Morgan fingerprint density at radius 3 is 2.67 bits per heavy atom. The van der Waals surface area contributed by atoms with Crippen molar-refractivity contribution in [1.29, 1.82) is 5.26 Å². The highest BCUT2D eigenvalue weighted by atomic mass is 16.1. The van der Waals surface area contributed by atoms with Gasteiger partial charge in [-0.3, -0.25) is 4.79 Å². The van der Waals surface area contributed by atoms with Gasteiger partial charge < -0.3 is 10.6 Å². The van der Waals surface area contributed by atoms with E-state index in [1.165, 1.54) is 4.68 Å². The Morgan fingerprint density at radius 1 is 1.38 bits per heavy atom. The molecule has 2 aromatic rings. The molecule has 1 aromatic heterocycles. The maximum Gasteiger partial charge on any atom is 0.269 e. The molecular weight excluding hydrogens is 266 g/mol. The summed E-state index contributed by atoms with van der Waals surface area (Å²) in [6, 6.07) is 10.7. The van der Waals surface area contributed by atoms with E-state index in [1.807, 2.05) is 24.1 Å². The van der Waals surface area contributed by atoms with Gasteiger partial charge in [0.2, 0.25) is 0 Å². The second-order valence-electron chi connectivity index (χ2n) is 4.73. The SMILES string of the molecule is CN(CCN)c1cnn(Cc2ccc(C#N)cc2)c(=O)c1. The lowest BCUT2D eigenvalue weighted by atomic mass is 10.1. The molecule has 21 heavy (non-hydrogen) atoms. The maximum atomic E-state index is 12.1. The van der Waals surface area contributed by atoms with Crippen molar-refractivity contribution in [3.63, 3.8) is 0 Å². The van der Waals surface area contributed by atoms with Crippen LogP contribution in [0.4, 0.5) is 5.69 Å². The zero-order valence-electron chi connectivity index (χ0n) is 11.9. The van der Waals surface area contributed by atoms with Crippen LogP contribution in [0.5, 0.6) is 0 Å². The van der Waals surface area contributed by atoms with E-state index in [2.05, 4.69) is 11.2 Å². The lowest BCUT2D eigenvalue weighted by Gasteiger charge is -2.17. The van der Waals surface area contributed by atoms with Crippen LogP contribution in [0.2, 0.25) is 0 Å². The second-order valence-corrected chi connectivity index (χ2v) is 4.73. The summed E-state index contributed by atoms with van der Waals surface area (Å²) in [7, 11) is 1.87. The number of hydrogen-bond acceptors (Lipinski definition) is 5. The van der Waals surface area contributed by atoms with Gasteiger partial charge in [0, 0.05) is 26.2 Å². The minimum Gasteiger partial charge on any atom is -0.372 e. The van der Waals surface area contributed by atoms with Crippen molar-refractivity contribution in [3.8, 4) is 6.07 Å². The van der Waals surface area contributed by atoms with Crippen LogP contribution in [0, 0.1) is 11.3 Å². The fourth-order valence-electron chi connectivity index (χ4n) is 1.93. The Kier molecular flexibility index (Phi) is 4.69. The molecule has 0 atom stereocenters. The normalized spacial score (nSPS) is 10.1. The van der Waals surface area contributed by atoms with Gasteiger partial charge in [-0.15, -0.1) is 0 Å². The molecule has 0 saturated carbocycles. The lowest BCUT2D eigenvalue weighted by molar-refractivity contribution is 0.637. The Balaban J connectivity index is 2.17.